The molecule has 1 aromatic rings. The molecule has 0 spiro atoms. The van der Waals surface area contributed by atoms with Crippen LogP contribution in [0, 0.1) is 5.82 Å². The van der Waals surface area contributed by atoms with Gasteiger partial charge in [-0.3, -0.25) is 4.79 Å². The number of rotatable bonds is 2. The molecule has 1 N–H and O–H groups in total. The van der Waals surface area contributed by atoms with E-state index < -0.39 is 6.10 Å². The van der Waals surface area contributed by atoms with E-state index in [2.05, 4.69) is 0 Å². The van der Waals surface area contributed by atoms with E-state index in [0.29, 0.717) is 37.4 Å². The Morgan fingerprint density at radius 3 is 2.70 bits per heavy atom. The standard InChI is InChI=1S/C15H21FN2O2/c1-11(19)13-5-3-6-14(16)15(13)18-8-4-7-17(9-10-18)12(2)20/h3,5-6,11,19H,4,7-10H2,1-2H3/t11-/m0/s1. The number of benzene rings is 1. The first kappa shape index (κ1) is 14.8. The Morgan fingerprint density at radius 1 is 1.30 bits per heavy atom. The lowest BCUT2D eigenvalue weighted by molar-refractivity contribution is -0.128. The van der Waals surface area contributed by atoms with Crippen LogP contribution in [0.2, 0.25) is 0 Å². The second kappa shape index (κ2) is 6.22. The second-order valence-corrected chi connectivity index (χ2v) is 5.20. The lowest BCUT2D eigenvalue weighted by Gasteiger charge is -2.27. The number of carbonyl (C=O) groups excluding carboxylic acids is 1. The Morgan fingerprint density at radius 2 is 2.05 bits per heavy atom. The smallest absolute Gasteiger partial charge is 0.219 e. The highest BCUT2D eigenvalue weighted by Gasteiger charge is 2.22. The predicted molar refractivity (Wildman–Crippen MR) is 76.1 cm³/mol. The number of hydrogen-bond acceptors (Lipinski definition) is 3. The van der Waals surface area contributed by atoms with Crippen LogP contribution in [-0.4, -0.2) is 42.1 Å². The van der Waals surface area contributed by atoms with E-state index in [9.17, 15) is 14.3 Å². The molecule has 5 heteroatoms. The number of aliphatic hydroxyl groups excluding tert-OH is 1. The molecule has 1 aromatic carbocycles. The number of halogens is 1. The molecule has 1 heterocycles. The number of para-hydroxylation sites is 1. The Bertz CT molecular complexity index is 491. The molecule has 1 atom stereocenters. The molecule has 0 radical (unpaired) electrons. The van der Waals surface area contributed by atoms with Crippen LogP contribution in [0.5, 0.6) is 0 Å². The fraction of sp³-hybridized carbons (Fsp3) is 0.533. The molecule has 0 saturated carbocycles. The van der Waals surface area contributed by atoms with E-state index in [0.717, 1.165) is 6.42 Å². The number of carbonyl (C=O) groups is 1. The van der Waals surface area contributed by atoms with Gasteiger partial charge in [0, 0.05) is 38.7 Å². The molecule has 110 valence electrons. The molecule has 4 nitrogen and oxygen atoms in total. The molecule has 1 saturated heterocycles. The van der Waals surface area contributed by atoms with Gasteiger partial charge < -0.3 is 14.9 Å². The van der Waals surface area contributed by atoms with Gasteiger partial charge >= 0.3 is 0 Å². The third-order valence-electron chi connectivity index (χ3n) is 3.73. The number of nitrogens with zero attached hydrogens (tertiary/aromatic N) is 2. The summed E-state index contributed by atoms with van der Waals surface area (Å²) < 4.78 is 14.2. The van der Waals surface area contributed by atoms with Crippen molar-refractivity contribution < 1.29 is 14.3 Å². The van der Waals surface area contributed by atoms with E-state index in [-0.39, 0.29) is 11.7 Å². The van der Waals surface area contributed by atoms with Crippen LogP contribution < -0.4 is 4.90 Å². The lowest BCUT2D eigenvalue weighted by atomic mass is 10.1. The van der Waals surface area contributed by atoms with Crippen molar-refractivity contribution in [2.24, 2.45) is 0 Å². The Hall–Kier alpha value is -1.62. The van der Waals surface area contributed by atoms with Crippen molar-refractivity contribution in [3.63, 3.8) is 0 Å². The summed E-state index contributed by atoms with van der Waals surface area (Å²) in [6.45, 7) is 5.75. The minimum absolute atomic E-state index is 0.0520. The van der Waals surface area contributed by atoms with E-state index in [1.54, 1.807) is 30.9 Å². The largest absolute Gasteiger partial charge is 0.389 e. The molecule has 1 aliphatic rings. The maximum atomic E-state index is 14.2. The van der Waals surface area contributed by atoms with Gasteiger partial charge in [0.1, 0.15) is 5.82 Å². The maximum absolute atomic E-state index is 14.2. The van der Waals surface area contributed by atoms with E-state index in [4.69, 9.17) is 0 Å². The average Bonchev–Trinajstić information content (AvgIpc) is 2.64. The highest BCUT2D eigenvalue weighted by molar-refractivity contribution is 5.73. The zero-order chi connectivity index (χ0) is 14.7. The zero-order valence-corrected chi connectivity index (χ0v) is 12.0. The summed E-state index contributed by atoms with van der Waals surface area (Å²) in [4.78, 5) is 15.1. The summed E-state index contributed by atoms with van der Waals surface area (Å²) in [6, 6.07) is 4.77. The first-order chi connectivity index (χ1) is 9.50. The van der Waals surface area contributed by atoms with Gasteiger partial charge in [-0.25, -0.2) is 4.39 Å². The SMILES string of the molecule is CC(=O)N1CCCN(c2c(F)cccc2[C@H](C)O)CC1. The van der Waals surface area contributed by atoms with Gasteiger partial charge in [-0.2, -0.15) is 0 Å². The topological polar surface area (TPSA) is 43.8 Å². The van der Waals surface area contributed by atoms with Gasteiger partial charge in [-0.1, -0.05) is 12.1 Å². The average molecular weight is 280 g/mol. The number of hydrogen-bond donors (Lipinski definition) is 1. The third-order valence-corrected chi connectivity index (χ3v) is 3.73. The third kappa shape index (κ3) is 3.10. The molecule has 2 rings (SSSR count). The van der Waals surface area contributed by atoms with Crippen LogP contribution >= 0.6 is 0 Å². The quantitative estimate of drug-likeness (QED) is 0.900. The zero-order valence-electron chi connectivity index (χ0n) is 12.0. The normalized spacial score (nSPS) is 17.8. The summed E-state index contributed by atoms with van der Waals surface area (Å²) >= 11 is 0. The van der Waals surface area contributed by atoms with Crippen LogP contribution in [0.3, 0.4) is 0 Å². The molecular formula is C15H21FN2O2. The summed E-state index contributed by atoms with van der Waals surface area (Å²) in [5.74, 6) is -0.268. The molecule has 0 aliphatic carbocycles. The van der Waals surface area contributed by atoms with Crippen molar-refractivity contribution in [3.8, 4) is 0 Å². The summed E-state index contributed by atoms with van der Waals surface area (Å²) in [7, 11) is 0. The highest BCUT2D eigenvalue weighted by Crippen LogP contribution is 2.30. The van der Waals surface area contributed by atoms with Gasteiger partial charge in [-0.15, -0.1) is 0 Å². The summed E-state index contributed by atoms with van der Waals surface area (Å²) in [5.41, 5.74) is 1.06. The summed E-state index contributed by atoms with van der Waals surface area (Å²) in [5, 5.41) is 9.81. The first-order valence-electron chi connectivity index (χ1n) is 6.97. The van der Waals surface area contributed by atoms with E-state index >= 15 is 0 Å². The van der Waals surface area contributed by atoms with Crippen LogP contribution in [0.1, 0.15) is 31.9 Å². The van der Waals surface area contributed by atoms with Crippen molar-refractivity contribution in [2.75, 3.05) is 31.1 Å². The minimum Gasteiger partial charge on any atom is -0.389 e. The maximum Gasteiger partial charge on any atom is 0.219 e. The van der Waals surface area contributed by atoms with E-state index in [1.165, 1.54) is 6.07 Å². The number of aliphatic hydroxyl groups is 1. The number of anilines is 1. The Kier molecular flexibility index (Phi) is 4.60. The molecular weight excluding hydrogens is 259 g/mol. The van der Waals surface area contributed by atoms with Crippen molar-refractivity contribution in [1.82, 2.24) is 4.90 Å². The van der Waals surface area contributed by atoms with Crippen molar-refractivity contribution in [1.29, 1.82) is 0 Å². The number of amides is 1. The monoisotopic (exact) mass is 280 g/mol. The molecule has 0 unspecified atom stereocenters. The van der Waals surface area contributed by atoms with Crippen LogP contribution in [-0.2, 0) is 4.79 Å². The molecule has 1 fully saturated rings. The fourth-order valence-corrected chi connectivity index (χ4v) is 2.66. The second-order valence-electron chi connectivity index (χ2n) is 5.20. The molecule has 1 amide bonds. The van der Waals surface area contributed by atoms with Crippen LogP contribution in [0.4, 0.5) is 10.1 Å². The Balaban J connectivity index is 2.25. The van der Waals surface area contributed by atoms with Crippen LogP contribution in [0.15, 0.2) is 18.2 Å². The minimum atomic E-state index is -0.715. The first-order valence-corrected chi connectivity index (χ1v) is 6.97. The molecule has 0 bridgehead atoms. The molecule has 20 heavy (non-hydrogen) atoms. The van der Waals surface area contributed by atoms with Gasteiger partial charge in [-0.05, 0) is 19.4 Å². The van der Waals surface area contributed by atoms with Gasteiger partial charge in [0.25, 0.3) is 0 Å². The molecule has 0 aromatic heterocycles. The van der Waals surface area contributed by atoms with Crippen LogP contribution in [0.25, 0.3) is 0 Å². The molecule has 1 aliphatic heterocycles. The van der Waals surface area contributed by atoms with Crippen molar-refractivity contribution >= 4 is 11.6 Å². The fourth-order valence-electron chi connectivity index (χ4n) is 2.66. The van der Waals surface area contributed by atoms with Gasteiger partial charge in [0.05, 0.1) is 11.8 Å². The Labute approximate surface area is 118 Å². The van der Waals surface area contributed by atoms with E-state index in [1.807, 2.05) is 4.90 Å². The van der Waals surface area contributed by atoms with Crippen molar-refractivity contribution in [2.45, 2.75) is 26.4 Å². The highest BCUT2D eigenvalue weighted by atomic mass is 19.1. The predicted octanol–water partition coefficient (Wildman–Crippen LogP) is 1.94. The lowest BCUT2D eigenvalue weighted by Crippen LogP contribution is -2.34. The summed E-state index contributed by atoms with van der Waals surface area (Å²) in [6.07, 6.45) is 0.0838. The van der Waals surface area contributed by atoms with Gasteiger partial charge in [0.2, 0.25) is 5.91 Å². The van der Waals surface area contributed by atoms with Crippen molar-refractivity contribution in [3.05, 3.63) is 29.6 Å². The van der Waals surface area contributed by atoms with Gasteiger partial charge in [0.15, 0.2) is 0 Å².